The molecular formula is C9H16N2O5. The highest BCUT2D eigenvalue weighted by Crippen LogP contribution is 2.05. The Bertz CT molecular complexity index is 279. The quantitative estimate of drug-likeness (QED) is 0.499. The monoisotopic (exact) mass is 232 g/mol. The Morgan fingerprint density at radius 1 is 1.31 bits per heavy atom. The van der Waals surface area contributed by atoms with E-state index >= 15 is 0 Å². The number of nitrogens with two attached hydrogens (primary N) is 1. The van der Waals surface area contributed by atoms with E-state index in [9.17, 15) is 14.4 Å². The molecule has 0 heterocycles. The molecule has 0 spiro atoms. The highest BCUT2D eigenvalue weighted by molar-refractivity contribution is 5.78. The predicted molar refractivity (Wildman–Crippen MR) is 54.7 cm³/mol. The van der Waals surface area contributed by atoms with Gasteiger partial charge in [0, 0.05) is 6.54 Å². The number of nitrogens with zero attached hydrogens (tertiary/aromatic N) is 1. The zero-order valence-corrected chi connectivity index (χ0v) is 9.05. The van der Waals surface area contributed by atoms with Crippen molar-refractivity contribution in [1.29, 1.82) is 0 Å². The van der Waals surface area contributed by atoms with Gasteiger partial charge in [-0.25, -0.2) is 0 Å². The molecule has 92 valence electrons. The van der Waals surface area contributed by atoms with Gasteiger partial charge < -0.3 is 15.9 Å². The van der Waals surface area contributed by atoms with Crippen LogP contribution in [0.1, 0.15) is 19.8 Å². The van der Waals surface area contributed by atoms with Gasteiger partial charge in [-0.3, -0.25) is 19.3 Å². The summed E-state index contributed by atoms with van der Waals surface area (Å²) in [6, 6.07) is -0.883. The topological polar surface area (TPSA) is 121 Å². The van der Waals surface area contributed by atoms with Crippen LogP contribution in [-0.4, -0.2) is 52.1 Å². The fourth-order valence-electron chi connectivity index (χ4n) is 1.37. The maximum absolute atomic E-state index is 10.9. The Hall–Kier alpha value is -1.63. The van der Waals surface area contributed by atoms with Gasteiger partial charge in [0.25, 0.3) is 0 Å². The van der Waals surface area contributed by atoms with Gasteiger partial charge in [0.15, 0.2) is 0 Å². The van der Waals surface area contributed by atoms with Crippen LogP contribution >= 0.6 is 0 Å². The van der Waals surface area contributed by atoms with Gasteiger partial charge in [-0.15, -0.1) is 0 Å². The predicted octanol–water partition coefficient (Wildman–Crippen LogP) is -0.888. The zero-order chi connectivity index (χ0) is 12.7. The number of aliphatic carboxylic acids is 2. The number of hydrogen-bond acceptors (Lipinski definition) is 4. The van der Waals surface area contributed by atoms with Gasteiger partial charge in [-0.05, 0) is 6.42 Å². The number of rotatable bonds is 8. The second-order valence-electron chi connectivity index (χ2n) is 3.34. The average Bonchev–Trinajstić information content (AvgIpc) is 2.13. The molecule has 0 aromatic rings. The fraction of sp³-hybridized carbons (Fsp3) is 0.667. The summed E-state index contributed by atoms with van der Waals surface area (Å²) in [5.74, 6) is -2.81. The second kappa shape index (κ2) is 6.78. The van der Waals surface area contributed by atoms with Crippen molar-refractivity contribution in [3.63, 3.8) is 0 Å². The molecule has 0 aromatic carbocycles. The Balaban J connectivity index is 4.55. The Morgan fingerprint density at radius 2 is 1.88 bits per heavy atom. The molecule has 1 amide bonds. The number of hydrogen-bond donors (Lipinski definition) is 3. The highest BCUT2D eigenvalue weighted by Gasteiger charge is 2.25. The molecule has 0 bridgehead atoms. The third kappa shape index (κ3) is 5.30. The summed E-state index contributed by atoms with van der Waals surface area (Å²) in [5.41, 5.74) is 4.97. The van der Waals surface area contributed by atoms with E-state index in [1.165, 1.54) is 4.90 Å². The van der Waals surface area contributed by atoms with Crippen LogP contribution in [0.5, 0.6) is 0 Å². The normalized spacial score (nSPS) is 12.4. The van der Waals surface area contributed by atoms with Gasteiger partial charge in [-0.2, -0.15) is 0 Å². The third-order valence-electron chi connectivity index (χ3n) is 2.08. The van der Waals surface area contributed by atoms with E-state index in [4.69, 9.17) is 15.9 Å². The molecule has 0 rings (SSSR count). The van der Waals surface area contributed by atoms with E-state index < -0.39 is 23.9 Å². The van der Waals surface area contributed by atoms with Gasteiger partial charge in [0.2, 0.25) is 5.91 Å². The first-order chi connectivity index (χ1) is 7.38. The molecule has 0 aliphatic rings. The van der Waals surface area contributed by atoms with Crippen LogP contribution in [0, 0.1) is 0 Å². The van der Waals surface area contributed by atoms with E-state index in [0.29, 0.717) is 0 Å². The summed E-state index contributed by atoms with van der Waals surface area (Å²) in [5, 5.41) is 17.4. The first-order valence-corrected chi connectivity index (χ1v) is 4.85. The van der Waals surface area contributed by atoms with Gasteiger partial charge >= 0.3 is 11.9 Å². The van der Waals surface area contributed by atoms with Crippen molar-refractivity contribution in [2.45, 2.75) is 25.8 Å². The molecule has 0 fully saturated rings. The number of carboxylic acids is 2. The number of amides is 1. The maximum atomic E-state index is 10.9. The summed E-state index contributed by atoms with van der Waals surface area (Å²) >= 11 is 0. The molecule has 1 atom stereocenters. The minimum absolute atomic E-state index is 0.0108. The lowest BCUT2D eigenvalue weighted by Gasteiger charge is -2.25. The number of primary amides is 1. The average molecular weight is 232 g/mol. The van der Waals surface area contributed by atoms with E-state index in [-0.39, 0.29) is 25.9 Å². The van der Waals surface area contributed by atoms with Crippen LogP contribution in [0.15, 0.2) is 0 Å². The fourth-order valence-corrected chi connectivity index (χ4v) is 1.37. The molecule has 0 saturated heterocycles. The van der Waals surface area contributed by atoms with Crippen molar-refractivity contribution < 1.29 is 24.6 Å². The van der Waals surface area contributed by atoms with Gasteiger partial charge in [-0.1, -0.05) is 6.92 Å². The minimum Gasteiger partial charge on any atom is -0.481 e. The van der Waals surface area contributed by atoms with Crippen molar-refractivity contribution in [3.8, 4) is 0 Å². The van der Waals surface area contributed by atoms with Crippen LogP contribution < -0.4 is 5.73 Å². The zero-order valence-electron chi connectivity index (χ0n) is 9.05. The Morgan fingerprint density at radius 3 is 2.19 bits per heavy atom. The highest BCUT2D eigenvalue weighted by atomic mass is 16.4. The van der Waals surface area contributed by atoms with E-state index in [0.717, 1.165) is 0 Å². The molecule has 7 heteroatoms. The molecule has 4 N–H and O–H groups in total. The molecule has 1 unspecified atom stereocenters. The van der Waals surface area contributed by atoms with Crippen LogP contribution in [-0.2, 0) is 14.4 Å². The largest absolute Gasteiger partial charge is 0.481 e. The lowest BCUT2D eigenvalue weighted by Crippen LogP contribution is -2.46. The minimum atomic E-state index is -1.09. The molecule has 0 aromatic heterocycles. The van der Waals surface area contributed by atoms with Crippen LogP contribution in [0.4, 0.5) is 0 Å². The number of carboxylic acid groups (broad SMARTS) is 2. The number of carbonyl (C=O) groups excluding carboxylic acids is 1. The van der Waals surface area contributed by atoms with Crippen molar-refractivity contribution in [3.05, 3.63) is 0 Å². The molecule has 0 aliphatic carbocycles. The Kier molecular flexibility index (Phi) is 6.09. The van der Waals surface area contributed by atoms with Crippen LogP contribution in [0.25, 0.3) is 0 Å². The molecule has 16 heavy (non-hydrogen) atoms. The third-order valence-corrected chi connectivity index (χ3v) is 2.08. The summed E-state index contributed by atoms with van der Waals surface area (Å²) < 4.78 is 0. The molecule has 0 radical (unpaired) electrons. The lowest BCUT2D eigenvalue weighted by atomic mass is 10.2. The second-order valence-corrected chi connectivity index (χ2v) is 3.34. The van der Waals surface area contributed by atoms with Gasteiger partial charge in [0.05, 0.1) is 13.0 Å². The summed E-state index contributed by atoms with van der Waals surface area (Å²) in [6.45, 7) is 1.38. The number of carbonyl (C=O) groups is 3. The maximum Gasteiger partial charge on any atom is 0.320 e. The standard InChI is InChI=1S/C9H16N2O5/c1-2-6(9(15)16)11(5-7(10)12)4-3-8(13)14/h6H,2-5H2,1H3,(H2,10,12)(H,13,14)(H,15,16). The molecule has 0 saturated carbocycles. The van der Waals surface area contributed by atoms with Crippen molar-refractivity contribution in [2.24, 2.45) is 5.73 Å². The van der Waals surface area contributed by atoms with E-state index in [2.05, 4.69) is 0 Å². The van der Waals surface area contributed by atoms with Crippen molar-refractivity contribution in [2.75, 3.05) is 13.1 Å². The van der Waals surface area contributed by atoms with Crippen LogP contribution in [0.2, 0.25) is 0 Å². The summed E-state index contributed by atoms with van der Waals surface area (Å²) in [6.07, 6.45) is 0.0549. The Labute approximate surface area is 92.8 Å². The van der Waals surface area contributed by atoms with Gasteiger partial charge in [0.1, 0.15) is 6.04 Å². The summed E-state index contributed by atoms with van der Waals surface area (Å²) in [4.78, 5) is 33.2. The first-order valence-electron chi connectivity index (χ1n) is 4.85. The van der Waals surface area contributed by atoms with Crippen LogP contribution in [0.3, 0.4) is 0 Å². The first kappa shape index (κ1) is 14.4. The molecule has 7 nitrogen and oxygen atoms in total. The lowest BCUT2D eigenvalue weighted by molar-refractivity contribution is -0.145. The smallest absolute Gasteiger partial charge is 0.320 e. The van der Waals surface area contributed by atoms with Crippen molar-refractivity contribution >= 4 is 17.8 Å². The SMILES string of the molecule is CCC(C(=O)O)N(CCC(=O)O)CC(N)=O. The van der Waals surface area contributed by atoms with E-state index in [1.807, 2.05) is 0 Å². The van der Waals surface area contributed by atoms with E-state index in [1.54, 1.807) is 6.92 Å². The molecule has 0 aliphatic heterocycles. The molecular weight excluding hydrogens is 216 g/mol. The van der Waals surface area contributed by atoms with Crippen molar-refractivity contribution in [1.82, 2.24) is 4.90 Å². The summed E-state index contributed by atoms with van der Waals surface area (Å²) in [7, 11) is 0.